The van der Waals surface area contributed by atoms with Gasteiger partial charge in [-0.1, -0.05) is 24.2 Å². The van der Waals surface area contributed by atoms with E-state index in [-0.39, 0.29) is 5.69 Å². The molecule has 0 saturated carbocycles. The third-order valence-corrected chi connectivity index (χ3v) is 4.10. The summed E-state index contributed by atoms with van der Waals surface area (Å²) in [4.78, 5) is 21.0. The minimum atomic E-state index is -3.66. The van der Waals surface area contributed by atoms with Crippen LogP contribution in [0.25, 0.3) is 0 Å². The Morgan fingerprint density at radius 2 is 2.04 bits per heavy atom. The second-order valence-electron chi connectivity index (χ2n) is 4.42. The number of hydrogen-bond acceptors (Lipinski definition) is 5. The Hall–Kier alpha value is -2.45. The second kappa shape index (κ2) is 7.21. The fourth-order valence-electron chi connectivity index (χ4n) is 1.67. The molecule has 0 spiro atoms. The van der Waals surface area contributed by atoms with Gasteiger partial charge in [0.2, 0.25) is 0 Å². The van der Waals surface area contributed by atoms with Gasteiger partial charge in [0.1, 0.15) is 12.2 Å². The summed E-state index contributed by atoms with van der Waals surface area (Å²) in [6.45, 7) is 3.24. The average molecular weight is 353 g/mol. The van der Waals surface area contributed by atoms with Gasteiger partial charge in [0.15, 0.2) is 9.84 Å². The Balaban J connectivity index is 2.29. The quantitative estimate of drug-likeness (QED) is 0.893. The Bertz CT molecular complexity index is 812. The molecule has 120 valence electrons. The number of amides is 2. The number of nitrogens with zero attached hydrogens (tertiary/aromatic N) is 3. The van der Waals surface area contributed by atoms with E-state index in [9.17, 15) is 13.2 Å². The molecule has 9 heteroatoms. The standard InChI is InChI=1S/C14H13ClN4O3S/c1-2-23(21,22)10-19(13-7-16-9-17-8-13)14(20)18-12-5-3-4-11(15)6-12/h2-9H,1,10H2,(H,18,20). The molecule has 0 unspecified atom stereocenters. The summed E-state index contributed by atoms with van der Waals surface area (Å²) in [5.74, 6) is -0.587. The summed E-state index contributed by atoms with van der Waals surface area (Å²) in [5, 5.41) is 3.81. The van der Waals surface area contributed by atoms with E-state index in [1.807, 2.05) is 0 Å². The van der Waals surface area contributed by atoms with Crippen molar-refractivity contribution in [2.45, 2.75) is 0 Å². The monoisotopic (exact) mass is 352 g/mol. The van der Waals surface area contributed by atoms with Crippen molar-refractivity contribution in [2.24, 2.45) is 0 Å². The number of rotatable bonds is 5. The molecule has 0 fully saturated rings. The summed E-state index contributed by atoms with van der Waals surface area (Å²) in [7, 11) is -3.66. The van der Waals surface area contributed by atoms with Crippen molar-refractivity contribution in [3.8, 4) is 0 Å². The van der Waals surface area contributed by atoms with Crippen LogP contribution in [-0.2, 0) is 9.84 Å². The normalized spacial score (nSPS) is 10.8. The molecule has 2 rings (SSSR count). The number of benzene rings is 1. The number of sulfone groups is 1. The highest BCUT2D eigenvalue weighted by Gasteiger charge is 2.22. The summed E-state index contributed by atoms with van der Waals surface area (Å²) in [5.41, 5.74) is 0.665. The van der Waals surface area contributed by atoms with Gasteiger partial charge < -0.3 is 5.32 Å². The van der Waals surface area contributed by atoms with E-state index in [4.69, 9.17) is 11.6 Å². The van der Waals surface area contributed by atoms with E-state index >= 15 is 0 Å². The number of hydrogen-bond donors (Lipinski definition) is 1. The SMILES string of the molecule is C=CS(=O)(=O)CN(C(=O)Nc1cccc(Cl)c1)c1cncnc1. The molecule has 7 nitrogen and oxygen atoms in total. The lowest BCUT2D eigenvalue weighted by Crippen LogP contribution is -2.38. The zero-order valence-electron chi connectivity index (χ0n) is 11.9. The van der Waals surface area contributed by atoms with Crippen LogP contribution < -0.4 is 10.2 Å². The summed E-state index contributed by atoms with van der Waals surface area (Å²) in [6, 6.07) is 5.83. The van der Waals surface area contributed by atoms with Crippen LogP contribution in [0.3, 0.4) is 0 Å². The van der Waals surface area contributed by atoms with Gasteiger partial charge in [0.25, 0.3) is 0 Å². The fraction of sp³-hybridized carbons (Fsp3) is 0.0714. The number of carbonyl (C=O) groups is 1. The number of carbonyl (C=O) groups excluding carboxylic acids is 1. The third kappa shape index (κ3) is 4.76. The lowest BCUT2D eigenvalue weighted by atomic mass is 10.3. The lowest BCUT2D eigenvalue weighted by molar-refractivity contribution is 0.257. The van der Waals surface area contributed by atoms with Crippen LogP contribution >= 0.6 is 11.6 Å². The van der Waals surface area contributed by atoms with Crippen LogP contribution in [0, 0.1) is 0 Å². The van der Waals surface area contributed by atoms with Crippen LogP contribution in [-0.4, -0.2) is 30.3 Å². The molecule has 0 bridgehead atoms. The number of urea groups is 1. The average Bonchev–Trinajstić information content (AvgIpc) is 2.53. The first-order valence-electron chi connectivity index (χ1n) is 6.35. The zero-order chi connectivity index (χ0) is 16.9. The van der Waals surface area contributed by atoms with E-state index in [1.165, 1.54) is 18.7 Å². The lowest BCUT2D eigenvalue weighted by Gasteiger charge is -2.21. The second-order valence-corrected chi connectivity index (χ2v) is 6.78. The maximum Gasteiger partial charge on any atom is 0.327 e. The third-order valence-electron chi connectivity index (χ3n) is 2.74. The molecule has 0 aliphatic heterocycles. The van der Waals surface area contributed by atoms with Crippen molar-refractivity contribution < 1.29 is 13.2 Å². The molecule has 1 aromatic carbocycles. The number of aromatic nitrogens is 2. The molecule has 23 heavy (non-hydrogen) atoms. The van der Waals surface area contributed by atoms with Gasteiger partial charge in [-0.3, -0.25) is 4.90 Å². The van der Waals surface area contributed by atoms with Crippen molar-refractivity contribution in [3.63, 3.8) is 0 Å². The number of anilines is 2. The molecule has 2 aromatic rings. The predicted octanol–water partition coefficient (Wildman–Crippen LogP) is 2.68. The first-order valence-corrected chi connectivity index (χ1v) is 8.45. The maximum absolute atomic E-state index is 12.4. The van der Waals surface area contributed by atoms with Crippen LogP contribution in [0.5, 0.6) is 0 Å². The Morgan fingerprint density at radius 1 is 1.35 bits per heavy atom. The topological polar surface area (TPSA) is 92.3 Å². The molecule has 1 heterocycles. The summed E-state index contributed by atoms with van der Waals surface area (Å²) in [6.07, 6.45) is 3.95. The summed E-state index contributed by atoms with van der Waals surface area (Å²) >= 11 is 5.86. The first kappa shape index (κ1) is 16.9. The zero-order valence-corrected chi connectivity index (χ0v) is 13.5. The highest BCUT2D eigenvalue weighted by molar-refractivity contribution is 7.94. The van der Waals surface area contributed by atoms with Gasteiger partial charge in [-0.15, -0.1) is 0 Å². The number of halogens is 1. The molecule has 1 N–H and O–H groups in total. The highest BCUT2D eigenvalue weighted by atomic mass is 35.5. The van der Waals surface area contributed by atoms with Gasteiger partial charge in [-0.05, 0) is 18.2 Å². The summed E-state index contributed by atoms with van der Waals surface area (Å²) < 4.78 is 23.6. The largest absolute Gasteiger partial charge is 0.327 e. The smallest absolute Gasteiger partial charge is 0.307 e. The molecular formula is C14H13ClN4O3S. The number of nitrogens with one attached hydrogen (secondary N) is 1. The van der Waals surface area contributed by atoms with Gasteiger partial charge in [0, 0.05) is 16.1 Å². The Kier molecular flexibility index (Phi) is 5.30. The van der Waals surface area contributed by atoms with Crippen molar-refractivity contribution >= 4 is 38.8 Å². The van der Waals surface area contributed by atoms with Crippen molar-refractivity contribution in [1.82, 2.24) is 9.97 Å². The predicted molar refractivity (Wildman–Crippen MR) is 89.0 cm³/mol. The van der Waals surface area contributed by atoms with E-state index in [0.717, 1.165) is 10.3 Å². The fourth-order valence-corrected chi connectivity index (χ4v) is 2.59. The van der Waals surface area contributed by atoms with Crippen molar-refractivity contribution in [3.05, 3.63) is 60.0 Å². The van der Waals surface area contributed by atoms with Gasteiger partial charge >= 0.3 is 6.03 Å². The van der Waals surface area contributed by atoms with Crippen LogP contribution in [0.2, 0.25) is 5.02 Å². The van der Waals surface area contributed by atoms with Crippen LogP contribution in [0.15, 0.2) is 55.0 Å². The molecule has 2 amide bonds. The van der Waals surface area contributed by atoms with Crippen LogP contribution in [0.4, 0.5) is 16.2 Å². The Labute approximate surface area is 138 Å². The minimum Gasteiger partial charge on any atom is -0.307 e. The molecule has 0 aliphatic rings. The van der Waals surface area contributed by atoms with Crippen molar-refractivity contribution in [2.75, 3.05) is 16.1 Å². The Morgan fingerprint density at radius 3 is 2.65 bits per heavy atom. The van der Waals surface area contributed by atoms with E-state index < -0.39 is 21.7 Å². The first-order chi connectivity index (χ1) is 10.9. The van der Waals surface area contributed by atoms with Gasteiger partial charge in [-0.25, -0.2) is 23.2 Å². The molecule has 0 radical (unpaired) electrons. The van der Waals surface area contributed by atoms with E-state index in [0.29, 0.717) is 10.7 Å². The highest BCUT2D eigenvalue weighted by Crippen LogP contribution is 2.18. The molecular weight excluding hydrogens is 340 g/mol. The molecule has 0 atom stereocenters. The van der Waals surface area contributed by atoms with Crippen LogP contribution in [0.1, 0.15) is 0 Å². The van der Waals surface area contributed by atoms with E-state index in [2.05, 4.69) is 21.9 Å². The van der Waals surface area contributed by atoms with Crippen molar-refractivity contribution in [1.29, 1.82) is 0 Å². The minimum absolute atomic E-state index is 0.234. The van der Waals surface area contributed by atoms with Gasteiger partial charge in [0.05, 0.1) is 18.1 Å². The van der Waals surface area contributed by atoms with Gasteiger partial charge in [-0.2, -0.15) is 0 Å². The molecule has 0 aliphatic carbocycles. The molecule has 0 saturated heterocycles. The maximum atomic E-state index is 12.4. The molecule has 1 aromatic heterocycles. The van der Waals surface area contributed by atoms with E-state index in [1.54, 1.807) is 24.3 Å².